The maximum Gasteiger partial charge on any atom is 0.0962 e. The highest BCUT2D eigenvalue weighted by Gasteiger charge is 2.14. The maximum absolute atomic E-state index is 4.92. The minimum atomic E-state index is 0.539. The summed E-state index contributed by atoms with van der Waals surface area (Å²) in [5, 5.41) is 4.92. The van der Waals surface area contributed by atoms with Gasteiger partial charge in [0, 0.05) is 11.8 Å². The van der Waals surface area contributed by atoms with Gasteiger partial charge in [0.05, 0.1) is 11.4 Å². The van der Waals surface area contributed by atoms with Gasteiger partial charge in [0.25, 0.3) is 0 Å². The average Bonchev–Trinajstić information content (AvgIpc) is 3.09. The number of hydrogen-bond acceptors (Lipinski definition) is 1. The van der Waals surface area contributed by atoms with Crippen LogP contribution in [-0.2, 0) is 0 Å². The first kappa shape index (κ1) is 17.2. The Kier molecular flexibility index (Phi) is 5.18. The fraction of sp³-hybridized carbons (Fsp3) is 0.261. The molecular weight excluding hydrogens is 304 g/mol. The molecule has 2 aromatic carbocycles. The van der Waals surface area contributed by atoms with Gasteiger partial charge in [0.1, 0.15) is 0 Å². The van der Waals surface area contributed by atoms with Crippen molar-refractivity contribution >= 4 is 5.57 Å². The molecule has 1 heterocycles. The zero-order chi connectivity index (χ0) is 17.8. The second-order valence-corrected chi connectivity index (χ2v) is 6.62. The van der Waals surface area contributed by atoms with E-state index in [9.17, 15) is 0 Å². The van der Waals surface area contributed by atoms with Crippen LogP contribution in [-0.4, -0.2) is 9.78 Å². The maximum atomic E-state index is 4.92. The van der Waals surface area contributed by atoms with Gasteiger partial charge in [-0.15, -0.1) is 0 Å². The van der Waals surface area contributed by atoms with Crippen molar-refractivity contribution in [1.82, 2.24) is 9.78 Å². The van der Waals surface area contributed by atoms with Gasteiger partial charge >= 0.3 is 0 Å². The number of aromatic nitrogens is 2. The van der Waals surface area contributed by atoms with E-state index in [4.69, 9.17) is 5.10 Å². The van der Waals surface area contributed by atoms with Crippen LogP contribution in [0.1, 0.15) is 51.3 Å². The van der Waals surface area contributed by atoms with E-state index in [2.05, 4.69) is 94.6 Å². The Morgan fingerprint density at radius 2 is 1.72 bits per heavy atom. The molecule has 0 spiro atoms. The van der Waals surface area contributed by atoms with Crippen LogP contribution in [0.25, 0.3) is 22.4 Å². The standard InChI is InChI=1S/C23H26N2/c1-5-18(6-2)23-22(20-10-8-7-9-11-20)16-25(24-23)21-14-12-19(13-15-21)17(3)4/h5,7-17H,6H2,1-4H3/b18-5+. The normalized spacial score (nSPS) is 12.0. The van der Waals surface area contributed by atoms with E-state index in [1.54, 1.807) is 0 Å². The first-order chi connectivity index (χ1) is 12.1. The summed E-state index contributed by atoms with van der Waals surface area (Å²) in [6.07, 6.45) is 5.29. The Morgan fingerprint density at radius 3 is 2.28 bits per heavy atom. The fourth-order valence-electron chi connectivity index (χ4n) is 3.09. The SMILES string of the molecule is C/C=C(\CC)c1nn(-c2ccc(C(C)C)cc2)cc1-c1ccccc1. The van der Waals surface area contributed by atoms with Crippen LogP contribution >= 0.6 is 0 Å². The molecule has 0 saturated carbocycles. The zero-order valence-electron chi connectivity index (χ0n) is 15.5. The molecule has 0 amide bonds. The number of benzene rings is 2. The van der Waals surface area contributed by atoms with Crippen LogP contribution in [0.2, 0.25) is 0 Å². The highest BCUT2D eigenvalue weighted by Crippen LogP contribution is 2.30. The largest absolute Gasteiger partial charge is 0.240 e. The van der Waals surface area contributed by atoms with Crippen molar-refractivity contribution in [2.24, 2.45) is 0 Å². The summed E-state index contributed by atoms with van der Waals surface area (Å²) in [5.74, 6) is 0.539. The van der Waals surface area contributed by atoms with E-state index in [0.29, 0.717) is 5.92 Å². The summed E-state index contributed by atoms with van der Waals surface area (Å²) < 4.78 is 2.00. The lowest BCUT2D eigenvalue weighted by molar-refractivity contribution is 0.850. The third-order valence-corrected chi connectivity index (χ3v) is 4.66. The van der Waals surface area contributed by atoms with E-state index in [0.717, 1.165) is 17.8 Å². The number of allylic oxidation sites excluding steroid dienone is 2. The second-order valence-electron chi connectivity index (χ2n) is 6.62. The topological polar surface area (TPSA) is 17.8 Å². The van der Waals surface area contributed by atoms with E-state index < -0.39 is 0 Å². The van der Waals surface area contributed by atoms with Gasteiger partial charge in [-0.2, -0.15) is 5.10 Å². The van der Waals surface area contributed by atoms with Gasteiger partial charge in [-0.1, -0.05) is 69.3 Å². The Balaban J connectivity index is 2.10. The van der Waals surface area contributed by atoms with Gasteiger partial charge in [0.15, 0.2) is 0 Å². The fourth-order valence-corrected chi connectivity index (χ4v) is 3.09. The zero-order valence-corrected chi connectivity index (χ0v) is 15.5. The smallest absolute Gasteiger partial charge is 0.0962 e. The van der Waals surface area contributed by atoms with Crippen molar-refractivity contribution in [1.29, 1.82) is 0 Å². The summed E-state index contributed by atoms with van der Waals surface area (Å²) >= 11 is 0. The summed E-state index contributed by atoms with van der Waals surface area (Å²) in [7, 11) is 0. The molecule has 2 heteroatoms. The molecule has 1 aromatic heterocycles. The van der Waals surface area contributed by atoms with Crippen LogP contribution in [0.3, 0.4) is 0 Å². The van der Waals surface area contributed by atoms with Crippen molar-refractivity contribution in [2.75, 3.05) is 0 Å². The third-order valence-electron chi connectivity index (χ3n) is 4.66. The van der Waals surface area contributed by atoms with Crippen LogP contribution in [0.5, 0.6) is 0 Å². The van der Waals surface area contributed by atoms with Gasteiger partial charge in [-0.05, 0) is 48.1 Å². The molecule has 0 aliphatic heterocycles. The predicted molar refractivity (Wildman–Crippen MR) is 107 cm³/mol. The molecule has 0 bridgehead atoms. The third kappa shape index (κ3) is 3.58. The first-order valence-corrected chi connectivity index (χ1v) is 9.05. The molecule has 3 rings (SSSR count). The first-order valence-electron chi connectivity index (χ1n) is 9.05. The molecule has 0 radical (unpaired) electrons. The van der Waals surface area contributed by atoms with Crippen LogP contribution in [0.4, 0.5) is 0 Å². The number of rotatable bonds is 5. The molecular formula is C23H26N2. The summed E-state index contributed by atoms with van der Waals surface area (Å²) in [5.41, 5.74) is 7.18. The number of hydrogen-bond donors (Lipinski definition) is 0. The molecule has 0 aliphatic rings. The molecule has 3 aromatic rings. The van der Waals surface area contributed by atoms with Crippen LogP contribution in [0, 0.1) is 0 Å². The van der Waals surface area contributed by atoms with Crippen LogP contribution in [0.15, 0.2) is 66.9 Å². The molecule has 0 saturated heterocycles. The predicted octanol–water partition coefficient (Wildman–Crippen LogP) is 6.48. The quantitative estimate of drug-likeness (QED) is 0.524. The van der Waals surface area contributed by atoms with E-state index in [1.807, 2.05) is 4.68 Å². The molecule has 25 heavy (non-hydrogen) atoms. The number of nitrogens with zero attached hydrogens (tertiary/aromatic N) is 2. The summed E-state index contributed by atoms with van der Waals surface area (Å²) in [6.45, 7) is 8.70. The molecule has 2 nitrogen and oxygen atoms in total. The Hall–Kier alpha value is -2.61. The average molecular weight is 330 g/mol. The highest BCUT2D eigenvalue weighted by molar-refractivity contribution is 5.79. The monoisotopic (exact) mass is 330 g/mol. The Labute approximate surface area is 150 Å². The molecule has 128 valence electrons. The minimum absolute atomic E-state index is 0.539. The lowest BCUT2D eigenvalue weighted by Crippen LogP contribution is -1.97. The van der Waals surface area contributed by atoms with Crippen molar-refractivity contribution in [3.8, 4) is 16.8 Å². The van der Waals surface area contributed by atoms with E-state index in [1.165, 1.54) is 22.3 Å². The minimum Gasteiger partial charge on any atom is -0.240 e. The van der Waals surface area contributed by atoms with E-state index in [-0.39, 0.29) is 0 Å². The second kappa shape index (κ2) is 7.52. The van der Waals surface area contributed by atoms with Gasteiger partial charge in [-0.25, -0.2) is 4.68 Å². The molecule has 0 atom stereocenters. The molecule has 0 aliphatic carbocycles. The molecule has 0 fully saturated rings. The Morgan fingerprint density at radius 1 is 1.04 bits per heavy atom. The lowest BCUT2D eigenvalue weighted by Gasteiger charge is -2.07. The molecule has 0 N–H and O–H groups in total. The van der Waals surface area contributed by atoms with Crippen molar-refractivity contribution in [3.63, 3.8) is 0 Å². The lowest BCUT2D eigenvalue weighted by atomic mass is 10.0. The van der Waals surface area contributed by atoms with E-state index >= 15 is 0 Å². The molecule has 0 unspecified atom stereocenters. The van der Waals surface area contributed by atoms with Crippen molar-refractivity contribution < 1.29 is 0 Å². The Bertz CT molecular complexity index is 853. The van der Waals surface area contributed by atoms with Crippen LogP contribution < -0.4 is 0 Å². The summed E-state index contributed by atoms with van der Waals surface area (Å²) in [6, 6.07) is 19.2. The highest BCUT2D eigenvalue weighted by atomic mass is 15.3. The van der Waals surface area contributed by atoms with Gasteiger partial charge in [-0.3, -0.25) is 0 Å². The van der Waals surface area contributed by atoms with Gasteiger partial charge < -0.3 is 0 Å². The van der Waals surface area contributed by atoms with Crippen molar-refractivity contribution in [2.45, 2.75) is 40.0 Å². The van der Waals surface area contributed by atoms with Crippen molar-refractivity contribution in [3.05, 3.63) is 78.1 Å². The summed E-state index contributed by atoms with van der Waals surface area (Å²) in [4.78, 5) is 0. The van der Waals surface area contributed by atoms with Gasteiger partial charge in [0.2, 0.25) is 0 Å².